The van der Waals surface area contributed by atoms with Gasteiger partial charge in [0.2, 0.25) is 0 Å². The first-order valence-corrected chi connectivity index (χ1v) is 7.57. The van der Waals surface area contributed by atoms with Crippen molar-refractivity contribution in [3.05, 3.63) is 28.8 Å². The van der Waals surface area contributed by atoms with Crippen molar-refractivity contribution in [2.45, 2.75) is 46.2 Å². The largest absolute Gasteiger partial charge is 0.483 e. The van der Waals surface area contributed by atoms with Gasteiger partial charge in [0.25, 0.3) is 5.91 Å². The van der Waals surface area contributed by atoms with Crippen LogP contribution in [-0.2, 0) is 4.79 Å². The van der Waals surface area contributed by atoms with Gasteiger partial charge in [-0.05, 0) is 52.4 Å². The standard InChI is InChI=1S/C16H25ClN2O2/c1-6-18-11(2)13-9-12(17)7-8-14(13)21-10-15(20)19-16(3,4)5/h7-9,11,18H,6,10H2,1-5H3,(H,19,20). The first kappa shape index (κ1) is 17.8. The van der Waals surface area contributed by atoms with E-state index in [2.05, 4.69) is 10.6 Å². The zero-order valence-corrected chi connectivity index (χ0v) is 14.2. The van der Waals surface area contributed by atoms with Crippen molar-refractivity contribution >= 4 is 17.5 Å². The van der Waals surface area contributed by atoms with Crippen LogP contribution < -0.4 is 15.4 Å². The molecular formula is C16H25ClN2O2. The Kier molecular flexibility index (Phi) is 6.49. The molecule has 4 nitrogen and oxygen atoms in total. The lowest BCUT2D eigenvalue weighted by atomic mass is 10.1. The molecule has 2 N–H and O–H groups in total. The van der Waals surface area contributed by atoms with Gasteiger partial charge in [-0.3, -0.25) is 4.79 Å². The fourth-order valence-corrected chi connectivity index (χ4v) is 2.18. The smallest absolute Gasteiger partial charge is 0.258 e. The van der Waals surface area contributed by atoms with Crippen LogP contribution in [0.2, 0.25) is 5.02 Å². The van der Waals surface area contributed by atoms with Crippen LogP contribution in [0.4, 0.5) is 0 Å². The maximum atomic E-state index is 11.8. The SMILES string of the molecule is CCNC(C)c1cc(Cl)ccc1OCC(=O)NC(C)(C)C. The Hall–Kier alpha value is -1.26. The summed E-state index contributed by atoms with van der Waals surface area (Å²) < 4.78 is 5.66. The molecule has 0 saturated heterocycles. The Morgan fingerprint density at radius 2 is 2.05 bits per heavy atom. The van der Waals surface area contributed by atoms with Gasteiger partial charge in [0, 0.05) is 22.2 Å². The van der Waals surface area contributed by atoms with Gasteiger partial charge in [-0.15, -0.1) is 0 Å². The van der Waals surface area contributed by atoms with Crippen LogP contribution in [0.5, 0.6) is 5.75 Å². The van der Waals surface area contributed by atoms with Gasteiger partial charge in [-0.25, -0.2) is 0 Å². The lowest BCUT2D eigenvalue weighted by Crippen LogP contribution is -2.43. The van der Waals surface area contributed by atoms with E-state index in [0.29, 0.717) is 10.8 Å². The van der Waals surface area contributed by atoms with Gasteiger partial charge < -0.3 is 15.4 Å². The molecule has 5 heteroatoms. The molecule has 1 atom stereocenters. The molecular weight excluding hydrogens is 288 g/mol. The van der Waals surface area contributed by atoms with Crippen molar-refractivity contribution in [2.24, 2.45) is 0 Å². The number of hydrogen-bond donors (Lipinski definition) is 2. The van der Waals surface area contributed by atoms with E-state index < -0.39 is 0 Å². The summed E-state index contributed by atoms with van der Waals surface area (Å²) in [6, 6.07) is 5.54. The van der Waals surface area contributed by atoms with E-state index in [1.165, 1.54) is 0 Å². The average Bonchev–Trinajstić information content (AvgIpc) is 2.35. The molecule has 0 saturated carbocycles. The molecule has 1 rings (SSSR count). The summed E-state index contributed by atoms with van der Waals surface area (Å²) >= 11 is 6.05. The number of rotatable bonds is 6. The number of halogens is 1. The van der Waals surface area contributed by atoms with Crippen molar-refractivity contribution < 1.29 is 9.53 Å². The van der Waals surface area contributed by atoms with Crippen LogP contribution in [-0.4, -0.2) is 24.6 Å². The first-order valence-electron chi connectivity index (χ1n) is 7.19. The molecule has 1 aromatic rings. The molecule has 0 radical (unpaired) electrons. The third kappa shape index (κ3) is 6.36. The van der Waals surface area contributed by atoms with Gasteiger partial charge in [0.15, 0.2) is 6.61 Å². The Morgan fingerprint density at radius 1 is 1.38 bits per heavy atom. The van der Waals surface area contributed by atoms with Gasteiger partial charge in [0.1, 0.15) is 5.75 Å². The highest BCUT2D eigenvalue weighted by atomic mass is 35.5. The van der Waals surface area contributed by atoms with Gasteiger partial charge >= 0.3 is 0 Å². The summed E-state index contributed by atoms with van der Waals surface area (Å²) in [4.78, 5) is 11.8. The van der Waals surface area contributed by atoms with Crippen molar-refractivity contribution in [2.75, 3.05) is 13.2 Å². The molecule has 1 unspecified atom stereocenters. The average molecular weight is 313 g/mol. The van der Waals surface area contributed by atoms with E-state index in [-0.39, 0.29) is 24.1 Å². The van der Waals surface area contributed by atoms with E-state index in [1.807, 2.05) is 40.7 Å². The van der Waals surface area contributed by atoms with Crippen molar-refractivity contribution in [3.8, 4) is 5.75 Å². The van der Waals surface area contributed by atoms with E-state index in [9.17, 15) is 4.79 Å². The minimum absolute atomic E-state index is 0.00918. The van der Waals surface area contributed by atoms with E-state index >= 15 is 0 Å². The minimum Gasteiger partial charge on any atom is -0.483 e. The Bertz CT molecular complexity index is 484. The highest BCUT2D eigenvalue weighted by molar-refractivity contribution is 6.30. The number of hydrogen-bond acceptors (Lipinski definition) is 3. The number of nitrogens with one attached hydrogen (secondary N) is 2. The fraction of sp³-hybridized carbons (Fsp3) is 0.562. The van der Waals surface area contributed by atoms with Crippen LogP contribution >= 0.6 is 11.6 Å². The first-order chi connectivity index (χ1) is 9.73. The number of benzene rings is 1. The lowest BCUT2D eigenvalue weighted by Gasteiger charge is -2.21. The van der Waals surface area contributed by atoms with Crippen LogP contribution in [0.25, 0.3) is 0 Å². The summed E-state index contributed by atoms with van der Waals surface area (Å²) in [7, 11) is 0. The third-order valence-corrected chi connectivity index (χ3v) is 3.06. The normalized spacial score (nSPS) is 12.9. The molecule has 0 aliphatic heterocycles. The van der Waals surface area contributed by atoms with Crippen molar-refractivity contribution in [1.82, 2.24) is 10.6 Å². The Balaban J connectivity index is 2.76. The second-order valence-electron chi connectivity index (χ2n) is 6.05. The molecule has 0 aliphatic rings. The predicted octanol–water partition coefficient (Wildman–Crippen LogP) is 3.30. The highest BCUT2D eigenvalue weighted by Gasteiger charge is 2.16. The van der Waals surface area contributed by atoms with Crippen molar-refractivity contribution in [1.29, 1.82) is 0 Å². The second kappa shape index (κ2) is 7.66. The molecule has 0 aromatic heterocycles. The fourth-order valence-electron chi connectivity index (χ4n) is 2.00. The summed E-state index contributed by atoms with van der Waals surface area (Å²) in [5.74, 6) is 0.538. The molecule has 1 amide bonds. The molecule has 0 heterocycles. The quantitative estimate of drug-likeness (QED) is 0.847. The summed E-state index contributed by atoms with van der Waals surface area (Å²) in [5, 5.41) is 6.84. The third-order valence-electron chi connectivity index (χ3n) is 2.82. The number of ether oxygens (including phenoxy) is 1. The number of carbonyl (C=O) groups excluding carboxylic acids is 1. The second-order valence-corrected chi connectivity index (χ2v) is 6.48. The minimum atomic E-state index is -0.264. The zero-order chi connectivity index (χ0) is 16.0. The number of amides is 1. The lowest BCUT2D eigenvalue weighted by molar-refractivity contribution is -0.124. The molecule has 0 spiro atoms. The summed E-state index contributed by atoms with van der Waals surface area (Å²) in [6.45, 7) is 10.7. The topological polar surface area (TPSA) is 50.4 Å². The van der Waals surface area contributed by atoms with Crippen LogP contribution in [0.3, 0.4) is 0 Å². The van der Waals surface area contributed by atoms with Gasteiger partial charge in [0.05, 0.1) is 0 Å². The van der Waals surface area contributed by atoms with Crippen LogP contribution in [0.1, 0.15) is 46.2 Å². The molecule has 0 fully saturated rings. The van der Waals surface area contributed by atoms with E-state index in [0.717, 1.165) is 12.1 Å². The van der Waals surface area contributed by atoms with Crippen LogP contribution in [0, 0.1) is 0 Å². The molecule has 0 aliphatic carbocycles. The number of carbonyl (C=O) groups is 1. The maximum Gasteiger partial charge on any atom is 0.258 e. The maximum absolute atomic E-state index is 11.8. The summed E-state index contributed by atoms with van der Waals surface area (Å²) in [6.07, 6.45) is 0. The Morgan fingerprint density at radius 3 is 2.62 bits per heavy atom. The molecule has 1 aromatic carbocycles. The van der Waals surface area contributed by atoms with E-state index in [1.54, 1.807) is 12.1 Å². The van der Waals surface area contributed by atoms with E-state index in [4.69, 9.17) is 16.3 Å². The highest BCUT2D eigenvalue weighted by Crippen LogP contribution is 2.28. The van der Waals surface area contributed by atoms with Gasteiger partial charge in [-0.2, -0.15) is 0 Å². The summed E-state index contributed by atoms with van der Waals surface area (Å²) in [5.41, 5.74) is 0.688. The van der Waals surface area contributed by atoms with Gasteiger partial charge in [-0.1, -0.05) is 18.5 Å². The zero-order valence-electron chi connectivity index (χ0n) is 13.4. The molecule has 21 heavy (non-hydrogen) atoms. The monoisotopic (exact) mass is 312 g/mol. The Labute approximate surface area is 132 Å². The molecule has 0 bridgehead atoms. The van der Waals surface area contributed by atoms with Crippen molar-refractivity contribution in [3.63, 3.8) is 0 Å². The molecule has 118 valence electrons. The predicted molar refractivity (Wildman–Crippen MR) is 86.9 cm³/mol. The van der Waals surface area contributed by atoms with Crippen LogP contribution in [0.15, 0.2) is 18.2 Å².